The summed E-state index contributed by atoms with van der Waals surface area (Å²) in [5, 5.41) is 16.5. The molecule has 1 heterocycles. The van der Waals surface area contributed by atoms with Gasteiger partial charge in [-0.3, -0.25) is 9.59 Å². The van der Waals surface area contributed by atoms with E-state index in [9.17, 15) is 27.2 Å². The average molecular weight is 471 g/mol. The van der Waals surface area contributed by atoms with E-state index < -0.39 is 41.4 Å². The van der Waals surface area contributed by atoms with Crippen LogP contribution in [0.3, 0.4) is 0 Å². The molecule has 3 N–H and O–H groups in total. The van der Waals surface area contributed by atoms with Crippen molar-refractivity contribution in [3.63, 3.8) is 0 Å². The molecule has 2 amide bonds. The van der Waals surface area contributed by atoms with E-state index in [1.54, 1.807) is 18.2 Å². The molecule has 34 heavy (non-hydrogen) atoms. The number of nitrogens with zero attached hydrogens (tertiary/aromatic N) is 2. The minimum absolute atomic E-state index is 0.000769. The Bertz CT molecular complexity index is 1290. The highest BCUT2D eigenvalue weighted by Crippen LogP contribution is 2.32. The highest BCUT2D eigenvalue weighted by molar-refractivity contribution is 6.06. The third-order valence-electron chi connectivity index (χ3n) is 4.54. The number of anilines is 4. The van der Waals surface area contributed by atoms with Crippen molar-refractivity contribution in [2.75, 3.05) is 16.0 Å². The number of carbonyl (C=O) groups is 2. The lowest BCUT2D eigenvalue weighted by molar-refractivity contribution is -0.137. The Kier molecular flexibility index (Phi) is 7.11. The lowest BCUT2D eigenvalue weighted by Crippen LogP contribution is -2.17. The van der Waals surface area contributed by atoms with Gasteiger partial charge in [-0.25, -0.2) is 9.37 Å². The van der Waals surface area contributed by atoms with Crippen LogP contribution < -0.4 is 16.0 Å². The Morgan fingerprint density at radius 3 is 2.47 bits per heavy atom. The van der Waals surface area contributed by atoms with Crippen molar-refractivity contribution in [1.82, 2.24) is 4.98 Å². The number of benzene rings is 2. The van der Waals surface area contributed by atoms with E-state index in [1.807, 2.05) is 19.1 Å². The second-order valence-corrected chi connectivity index (χ2v) is 7.12. The van der Waals surface area contributed by atoms with Gasteiger partial charge in [-0.2, -0.15) is 18.4 Å². The Morgan fingerprint density at radius 2 is 1.79 bits per heavy atom. The quantitative estimate of drug-likeness (QED) is 0.418. The summed E-state index contributed by atoms with van der Waals surface area (Å²) in [5.74, 6) is -2.76. The van der Waals surface area contributed by atoms with Crippen LogP contribution in [0.25, 0.3) is 0 Å². The molecule has 0 spiro atoms. The largest absolute Gasteiger partial charge is 0.416 e. The molecule has 0 aliphatic rings. The number of aromatic nitrogens is 1. The molecule has 0 atom stereocenters. The van der Waals surface area contributed by atoms with E-state index in [2.05, 4.69) is 20.9 Å². The highest BCUT2D eigenvalue weighted by atomic mass is 19.4. The maximum atomic E-state index is 13.8. The second-order valence-electron chi connectivity index (χ2n) is 7.12. The number of aryl methyl sites for hydroxylation is 1. The number of pyridine rings is 1. The van der Waals surface area contributed by atoms with Crippen molar-refractivity contribution < 1.29 is 27.2 Å². The van der Waals surface area contributed by atoms with Crippen LogP contribution >= 0.6 is 0 Å². The average Bonchev–Trinajstić information content (AvgIpc) is 2.76. The van der Waals surface area contributed by atoms with E-state index in [4.69, 9.17) is 5.26 Å². The molecule has 174 valence electrons. The van der Waals surface area contributed by atoms with Gasteiger partial charge in [0.05, 0.1) is 29.2 Å². The van der Waals surface area contributed by atoms with E-state index in [1.165, 1.54) is 12.3 Å². The first-order chi connectivity index (χ1) is 16.1. The van der Waals surface area contributed by atoms with Crippen molar-refractivity contribution in [2.45, 2.75) is 19.5 Å². The molecule has 0 radical (unpaired) electrons. The molecule has 1 aromatic heterocycles. The Morgan fingerprint density at radius 1 is 1.06 bits per heavy atom. The van der Waals surface area contributed by atoms with Gasteiger partial charge in [0.25, 0.3) is 5.91 Å². The maximum absolute atomic E-state index is 13.8. The number of hydrogen-bond acceptors (Lipinski definition) is 5. The normalized spacial score (nSPS) is 10.8. The van der Waals surface area contributed by atoms with Gasteiger partial charge in [0.15, 0.2) is 5.82 Å². The van der Waals surface area contributed by atoms with E-state index >= 15 is 0 Å². The van der Waals surface area contributed by atoms with Gasteiger partial charge in [-0.1, -0.05) is 18.2 Å². The third kappa shape index (κ3) is 6.07. The summed E-state index contributed by atoms with van der Waals surface area (Å²) < 4.78 is 52.9. The molecule has 7 nitrogen and oxygen atoms in total. The Balaban J connectivity index is 1.97. The number of rotatable bonds is 6. The Labute approximate surface area is 191 Å². The molecular weight excluding hydrogens is 454 g/mol. The minimum Gasteiger partial charge on any atom is -0.338 e. The first kappa shape index (κ1) is 24.2. The monoisotopic (exact) mass is 471 g/mol. The molecule has 3 aromatic rings. The van der Waals surface area contributed by atoms with Gasteiger partial charge in [0.1, 0.15) is 12.2 Å². The molecular formula is C23H17F4N5O2. The molecule has 0 fully saturated rings. The van der Waals surface area contributed by atoms with Crippen LogP contribution in [-0.4, -0.2) is 16.8 Å². The maximum Gasteiger partial charge on any atom is 0.416 e. The molecule has 0 unspecified atom stereocenters. The molecule has 0 bridgehead atoms. The fraction of sp³-hybridized carbons (Fsp3) is 0.130. The zero-order chi connectivity index (χ0) is 24.9. The van der Waals surface area contributed by atoms with Crippen LogP contribution in [0, 0.1) is 24.1 Å². The molecule has 0 aliphatic heterocycles. The molecule has 0 aliphatic carbocycles. The predicted molar refractivity (Wildman–Crippen MR) is 117 cm³/mol. The van der Waals surface area contributed by atoms with Crippen LogP contribution in [-0.2, 0) is 11.0 Å². The van der Waals surface area contributed by atoms with Crippen LogP contribution in [0.1, 0.15) is 27.9 Å². The van der Waals surface area contributed by atoms with Gasteiger partial charge in [0, 0.05) is 11.3 Å². The van der Waals surface area contributed by atoms with E-state index in [0.29, 0.717) is 17.8 Å². The van der Waals surface area contributed by atoms with Crippen molar-refractivity contribution in [1.29, 1.82) is 5.26 Å². The third-order valence-corrected chi connectivity index (χ3v) is 4.54. The molecule has 11 heteroatoms. The number of alkyl halides is 3. The lowest BCUT2D eigenvalue weighted by atomic mass is 10.1. The van der Waals surface area contributed by atoms with E-state index in [-0.39, 0.29) is 23.3 Å². The van der Waals surface area contributed by atoms with Gasteiger partial charge in [-0.15, -0.1) is 0 Å². The number of nitriles is 1. The van der Waals surface area contributed by atoms with E-state index in [0.717, 1.165) is 5.56 Å². The number of carbonyl (C=O) groups excluding carboxylic acids is 2. The van der Waals surface area contributed by atoms with Crippen molar-refractivity contribution >= 4 is 34.7 Å². The van der Waals surface area contributed by atoms with Gasteiger partial charge in [-0.05, 0) is 42.8 Å². The van der Waals surface area contributed by atoms with Crippen molar-refractivity contribution in [3.05, 3.63) is 77.2 Å². The van der Waals surface area contributed by atoms with Crippen LogP contribution in [0.2, 0.25) is 0 Å². The standard InChI is InChI=1S/C23H17F4N5O2/c1-13-4-2-3-5-18(13)31-21-19(11-17(12-29-21)30-20(33)6-7-28)32-22(34)14-8-15(23(25,26)27)10-16(24)9-14/h2-5,8-12H,6H2,1H3,(H,29,31)(H,30,33)(H,32,34). The SMILES string of the molecule is Cc1ccccc1Nc1ncc(NC(=O)CC#N)cc1NC(=O)c1cc(F)cc(C(F)(F)F)c1. The summed E-state index contributed by atoms with van der Waals surface area (Å²) in [6.07, 6.45) is -3.99. The molecule has 2 aromatic carbocycles. The first-order valence-corrected chi connectivity index (χ1v) is 9.75. The van der Waals surface area contributed by atoms with Crippen LogP contribution in [0.5, 0.6) is 0 Å². The van der Waals surface area contributed by atoms with Crippen molar-refractivity contribution in [3.8, 4) is 6.07 Å². The summed E-state index contributed by atoms with van der Waals surface area (Å²) in [6, 6.07) is 11.6. The number of para-hydroxylation sites is 1. The summed E-state index contributed by atoms with van der Waals surface area (Å²) in [7, 11) is 0. The fourth-order valence-corrected chi connectivity index (χ4v) is 2.92. The zero-order valence-corrected chi connectivity index (χ0v) is 17.6. The number of halogens is 4. The van der Waals surface area contributed by atoms with Gasteiger partial charge < -0.3 is 16.0 Å². The van der Waals surface area contributed by atoms with Gasteiger partial charge in [0.2, 0.25) is 5.91 Å². The number of hydrogen-bond donors (Lipinski definition) is 3. The predicted octanol–water partition coefficient (Wildman–Crippen LogP) is 5.40. The summed E-state index contributed by atoms with van der Waals surface area (Å²) in [4.78, 5) is 28.6. The lowest BCUT2D eigenvalue weighted by Gasteiger charge is -2.16. The minimum atomic E-state index is -4.85. The van der Waals surface area contributed by atoms with Crippen molar-refractivity contribution in [2.24, 2.45) is 0 Å². The summed E-state index contributed by atoms with van der Waals surface area (Å²) in [5.41, 5.74) is -0.272. The van der Waals surface area contributed by atoms with Gasteiger partial charge >= 0.3 is 6.18 Å². The first-order valence-electron chi connectivity index (χ1n) is 9.75. The number of amides is 2. The second kappa shape index (κ2) is 9.99. The molecule has 0 saturated carbocycles. The highest BCUT2D eigenvalue weighted by Gasteiger charge is 2.32. The Hall–Kier alpha value is -4.46. The molecule has 3 rings (SSSR count). The summed E-state index contributed by atoms with van der Waals surface area (Å²) >= 11 is 0. The van der Waals surface area contributed by atoms with Crippen LogP contribution in [0.15, 0.2) is 54.7 Å². The topological polar surface area (TPSA) is 107 Å². The summed E-state index contributed by atoms with van der Waals surface area (Å²) in [6.45, 7) is 1.82. The number of nitrogens with one attached hydrogen (secondary N) is 3. The van der Waals surface area contributed by atoms with Crippen LogP contribution in [0.4, 0.5) is 40.4 Å². The fourth-order valence-electron chi connectivity index (χ4n) is 2.92. The smallest absolute Gasteiger partial charge is 0.338 e. The molecule has 0 saturated heterocycles. The zero-order valence-electron chi connectivity index (χ0n) is 17.6.